The molecule has 3 aromatic rings. The minimum absolute atomic E-state index is 0.135. The highest BCUT2D eigenvalue weighted by Crippen LogP contribution is 2.40. The molecule has 3 aromatic carbocycles. The van der Waals surface area contributed by atoms with Crippen LogP contribution >= 0.6 is 0 Å². The second kappa shape index (κ2) is 29.8. The fourth-order valence-corrected chi connectivity index (χ4v) is 17.0. The van der Waals surface area contributed by atoms with E-state index < -0.39 is 30.1 Å². The first-order valence-corrected chi connectivity index (χ1v) is 38.2. The molecule has 6 atom stereocenters. The van der Waals surface area contributed by atoms with Crippen LogP contribution in [0.1, 0.15) is 169 Å². The van der Waals surface area contributed by atoms with Gasteiger partial charge in [0.05, 0.1) is 75.0 Å². The first-order valence-electron chi connectivity index (χ1n) is 32.5. The van der Waals surface area contributed by atoms with E-state index in [0.717, 1.165) is 116 Å². The number of ether oxygens (including phenoxy) is 3. The van der Waals surface area contributed by atoms with Crippen LogP contribution in [0, 0.1) is 17.8 Å². The van der Waals surface area contributed by atoms with Crippen molar-refractivity contribution in [3.63, 3.8) is 0 Å². The smallest absolute Gasteiger partial charge is 0.226 e. The van der Waals surface area contributed by atoms with Gasteiger partial charge in [-0.3, -0.25) is 14.4 Å². The number of rotatable bonds is 21. The van der Waals surface area contributed by atoms with Gasteiger partial charge in [-0.25, -0.2) is 39.4 Å². The van der Waals surface area contributed by atoms with Crippen molar-refractivity contribution in [3.8, 4) is 0 Å². The van der Waals surface area contributed by atoms with Crippen LogP contribution in [0.3, 0.4) is 0 Å². The van der Waals surface area contributed by atoms with Crippen LogP contribution in [0.5, 0.6) is 0 Å². The number of sulfonamides is 3. The van der Waals surface area contributed by atoms with Gasteiger partial charge in [-0.15, -0.1) is 0 Å². The van der Waals surface area contributed by atoms with Gasteiger partial charge in [-0.2, -0.15) is 0 Å². The van der Waals surface area contributed by atoms with E-state index in [2.05, 4.69) is 105 Å². The van der Waals surface area contributed by atoms with Crippen molar-refractivity contribution in [1.82, 2.24) is 28.9 Å². The molecule has 9 aliphatic rings. The predicted octanol–water partition coefficient (Wildman–Crippen LogP) is 7.97. The molecule has 18 nitrogen and oxygen atoms in total. The minimum Gasteiger partial charge on any atom is -0.376 e. The second-order valence-electron chi connectivity index (χ2n) is 26.6. The van der Waals surface area contributed by atoms with Gasteiger partial charge in [0.25, 0.3) is 0 Å². The molecule has 21 heteroatoms. The zero-order valence-electron chi connectivity index (χ0n) is 51.4. The number of nitrogens with one attached hydrogen (secondary N) is 3. The van der Waals surface area contributed by atoms with Crippen LogP contribution in [0.4, 0.5) is 0 Å². The van der Waals surface area contributed by atoms with E-state index >= 15 is 0 Å². The lowest BCUT2D eigenvalue weighted by molar-refractivity contribution is -0.136. The van der Waals surface area contributed by atoms with E-state index in [0.29, 0.717) is 76.5 Å². The molecule has 0 radical (unpaired) electrons. The normalized spacial score (nSPS) is 30.4. The lowest BCUT2D eigenvalue weighted by atomic mass is 9.83. The fraction of sp³-hybridized carbons (Fsp3) is 0.682. The summed E-state index contributed by atoms with van der Waals surface area (Å²) in [6.45, 7) is 3.05. The summed E-state index contributed by atoms with van der Waals surface area (Å²) >= 11 is 0. The van der Waals surface area contributed by atoms with Crippen molar-refractivity contribution >= 4 is 47.8 Å². The van der Waals surface area contributed by atoms with E-state index in [9.17, 15) is 39.6 Å². The van der Waals surface area contributed by atoms with Gasteiger partial charge in [-0.05, 0) is 169 Å². The van der Waals surface area contributed by atoms with E-state index in [4.69, 9.17) is 14.2 Å². The Morgan fingerprint density at radius 3 is 0.793 bits per heavy atom. The Labute approximate surface area is 518 Å². The number of nitrogens with zero attached hydrogens (tertiary/aromatic N) is 3. The monoisotopic (exact) mass is 1260 g/mol. The zero-order valence-corrected chi connectivity index (χ0v) is 53.8. The molecule has 1 unspecified atom stereocenters. The highest BCUT2D eigenvalue weighted by Gasteiger charge is 2.47. The van der Waals surface area contributed by atoms with Crippen molar-refractivity contribution in [2.75, 3.05) is 58.2 Å². The van der Waals surface area contributed by atoms with Gasteiger partial charge in [0, 0.05) is 55.5 Å². The van der Waals surface area contributed by atoms with Crippen LogP contribution in [-0.4, -0.2) is 170 Å². The first-order chi connectivity index (χ1) is 41.7. The standard InChI is InChI=1S/3C22H32N2O4S/c3*1-29(26,27)23-20-13-14-24(22(25)18-7-8-18)21(20)15-28-19-11-9-17(10-12-19)16-5-3-2-4-6-16/h3*2-6,17-21,23H,7-15H2,1H3/t17?,19?,20-,21?;2*17?,19?,20-,21-/m010/s1. The molecule has 3 heterocycles. The summed E-state index contributed by atoms with van der Waals surface area (Å²) in [4.78, 5) is 43.6. The second-order valence-corrected chi connectivity index (χ2v) is 32.0. The molecule has 87 heavy (non-hydrogen) atoms. The van der Waals surface area contributed by atoms with Crippen LogP contribution in [0.15, 0.2) is 91.0 Å². The third kappa shape index (κ3) is 19.4. The summed E-state index contributed by atoms with van der Waals surface area (Å²) in [6.07, 6.45) is 24.5. The predicted molar refractivity (Wildman–Crippen MR) is 336 cm³/mol. The Morgan fingerprint density at radius 1 is 0.356 bits per heavy atom. The van der Waals surface area contributed by atoms with Crippen LogP contribution in [0.25, 0.3) is 0 Å². The Balaban J connectivity index is 0.000000144. The Morgan fingerprint density at radius 2 is 0.586 bits per heavy atom. The molecule has 12 rings (SSSR count). The highest BCUT2D eigenvalue weighted by molar-refractivity contribution is 7.89. The van der Waals surface area contributed by atoms with Gasteiger partial charge in [-0.1, -0.05) is 91.0 Å². The Kier molecular flexibility index (Phi) is 22.4. The number of carbonyl (C=O) groups excluding carboxylic acids is 3. The van der Waals surface area contributed by atoms with Gasteiger partial charge < -0.3 is 28.9 Å². The molecular weight excluding hydrogens is 1160 g/mol. The molecule has 3 aliphatic heterocycles. The van der Waals surface area contributed by atoms with Crippen molar-refractivity contribution in [3.05, 3.63) is 108 Å². The average molecular weight is 1260 g/mol. The van der Waals surface area contributed by atoms with Gasteiger partial charge in [0.1, 0.15) is 0 Å². The largest absolute Gasteiger partial charge is 0.376 e. The molecule has 3 saturated heterocycles. The number of carbonyl (C=O) groups is 3. The van der Waals surface area contributed by atoms with Crippen molar-refractivity contribution in [2.45, 2.75) is 207 Å². The Hall–Kier alpha value is -4.32. The number of amides is 3. The highest BCUT2D eigenvalue weighted by atomic mass is 32.2. The zero-order chi connectivity index (χ0) is 61.3. The number of benzene rings is 3. The van der Waals surface area contributed by atoms with Gasteiger partial charge in [0.15, 0.2) is 0 Å². The number of hydrogen-bond donors (Lipinski definition) is 3. The summed E-state index contributed by atoms with van der Waals surface area (Å²) in [7, 11) is -9.96. The maximum Gasteiger partial charge on any atom is 0.226 e. The third-order valence-corrected chi connectivity index (χ3v) is 21.9. The molecule has 9 fully saturated rings. The molecule has 0 aromatic heterocycles. The van der Waals surface area contributed by atoms with Crippen molar-refractivity contribution < 1.29 is 53.8 Å². The topological polar surface area (TPSA) is 227 Å². The van der Waals surface area contributed by atoms with Crippen molar-refractivity contribution in [1.29, 1.82) is 0 Å². The maximum atomic E-state index is 12.7. The fourth-order valence-electron chi connectivity index (χ4n) is 14.5. The van der Waals surface area contributed by atoms with Crippen LogP contribution in [-0.2, 0) is 58.7 Å². The summed E-state index contributed by atoms with van der Waals surface area (Å²) in [5.41, 5.74) is 4.21. The first kappa shape index (κ1) is 65.6. The molecule has 0 spiro atoms. The number of likely N-dealkylation sites (tertiary alicyclic amines) is 3. The van der Waals surface area contributed by atoms with E-state index in [-0.39, 0.29) is 90.0 Å². The Bertz CT molecular complexity index is 2730. The van der Waals surface area contributed by atoms with Crippen LogP contribution in [0.2, 0.25) is 0 Å². The van der Waals surface area contributed by atoms with E-state index in [1.54, 1.807) is 0 Å². The summed E-state index contributed by atoms with van der Waals surface area (Å²) in [6, 6.07) is 30.6. The van der Waals surface area contributed by atoms with Crippen molar-refractivity contribution in [2.24, 2.45) is 17.8 Å². The lowest BCUT2D eigenvalue weighted by Gasteiger charge is -2.33. The molecule has 6 saturated carbocycles. The van der Waals surface area contributed by atoms with E-state index in [1.807, 2.05) is 14.7 Å². The minimum atomic E-state index is -3.32. The number of hydrogen-bond acceptors (Lipinski definition) is 12. The summed E-state index contributed by atoms with van der Waals surface area (Å²) < 4.78 is 97.6. The maximum absolute atomic E-state index is 12.7. The summed E-state index contributed by atoms with van der Waals surface area (Å²) in [5.74, 6) is 2.69. The average Bonchev–Trinajstić information content (AvgIpc) is 2.15. The lowest BCUT2D eigenvalue weighted by Crippen LogP contribution is -2.49. The quantitative estimate of drug-likeness (QED) is 0.0923. The molecule has 480 valence electrons. The van der Waals surface area contributed by atoms with Crippen LogP contribution < -0.4 is 14.2 Å². The van der Waals surface area contributed by atoms with Gasteiger partial charge in [0.2, 0.25) is 47.8 Å². The summed E-state index contributed by atoms with van der Waals surface area (Å²) in [5, 5.41) is 0. The third-order valence-electron chi connectivity index (χ3n) is 19.7. The molecular formula is C66H96N6O12S3. The SMILES string of the molecule is CS(=O)(=O)N[C@@H]1CCN(C(=O)C2CC2)[C@@H]1COC1CCC(c2ccccc2)CC1.CS(=O)(=O)N[C@H]1CCN(C(=O)C2CC2)C1COC1CCC(c2ccccc2)CC1.CS(=O)(=O)N[C@H]1CCN(C(=O)C2CC2)[C@H]1COC1CCC(c2ccccc2)CC1. The molecule has 0 bridgehead atoms. The van der Waals surface area contributed by atoms with Gasteiger partial charge >= 0.3 is 0 Å². The molecule has 3 amide bonds. The molecule has 3 N–H and O–H groups in total. The van der Waals surface area contributed by atoms with E-state index in [1.165, 1.54) is 35.5 Å². The molecule has 6 aliphatic carbocycles.